The number of nitrogens with zero attached hydrogens (tertiary/aromatic N) is 2. The van der Waals surface area contributed by atoms with Crippen LogP contribution < -0.4 is 10.2 Å². The molecule has 0 saturated heterocycles. The van der Waals surface area contributed by atoms with Crippen LogP contribution in [0.5, 0.6) is 0 Å². The van der Waals surface area contributed by atoms with Crippen LogP contribution in [0, 0.1) is 12.7 Å². The van der Waals surface area contributed by atoms with Crippen LogP contribution in [0.15, 0.2) is 34.9 Å². The van der Waals surface area contributed by atoms with Gasteiger partial charge in [0.15, 0.2) is 5.58 Å². The predicted molar refractivity (Wildman–Crippen MR) is 110 cm³/mol. The van der Waals surface area contributed by atoms with Crippen molar-refractivity contribution in [1.82, 2.24) is 4.98 Å². The Bertz CT molecular complexity index is 1100. The molecule has 2 heterocycles. The quantitative estimate of drug-likeness (QED) is 0.545. The number of carbonyl (C=O) groups excluding carboxylic acids is 2. The molecule has 0 aliphatic carbocycles. The molecule has 0 spiro atoms. The molecule has 0 aliphatic heterocycles. The van der Waals surface area contributed by atoms with Gasteiger partial charge in [0.05, 0.1) is 35.0 Å². The number of hydrogen-bond donors (Lipinski definition) is 1. The molecule has 3 rings (SSSR count). The summed E-state index contributed by atoms with van der Waals surface area (Å²) in [6, 6.07) is 5.38. The average molecular weight is 436 g/mol. The molecule has 0 unspecified atom stereocenters. The van der Waals surface area contributed by atoms with Gasteiger partial charge in [-0.25, -0.2) is 18.9 Å². The fourth-order valence-electron chi connectivity index (χ4n) is 2.85. The summed E-state index contributed by atoms with van der Waals surface area (Å²) in [5.41, 5.74) is 1.27. The lowest BCUT2D eigenvalue weighted by Gasteiger charge is -2.22. The lowest BCUT2D eigenvalue weighted by Crippen LogP contribution is -2.28. The predicted octanol–water partition coefficient (Wildman–Crippen LogP) is 5.79. The number of pyridine rings is 1. The number of carbonyl (C=O) groups is 2. The second kappa shape index (κ2) is 9.00. The third-order valence-corrected chi connectivity index (χ3v) is 4.37. The number of ether oxygens (including phenoxy) is 2. The van der Waals surface area contributed by atoms with Crippen LogP contribution in [-0.2, 0) is 9.47 Å². The van der Waals surface area contributed by atoms with Gasteiger partial charge in [0.25, 0.3) is 0 Å². The first-order valence-electron chi connectivity index (χ1n) is 9.11. The highest BCUT2D eigenvalue weighted by Crippen LogP contribution is 2.43. The molecule has 0 aliphatic rings. The maximum absolute atomic E-state index is 13.7. The van der Waals surface area contributed by atoms with E-state index in [2.05, 4.69) is 10.3 Å². The maximum atomic E-state index is 13.7. The van der Waals surface area contributed by atoms with Crippen molar-refractivity contribution in [2.45, 2.75) is 20.8 Å². The van der Waals surface area contributed by atoms with Crippen molar-refractivity contribution in [2.24, 2.45) is 0 Å². The zero-order valence-electron chi connectivity index (χ0n) is 16.5. The van der Waals surface area contributed by atoms with E-state index in [4.69, 9.17) is 25.5 Å². The molecule has 0 saturated carbocycles. The number of benzene rings is 1. The highest BCUT2D eigenvalue weighted by molar-refractivity contribution is 6.31. The summed E-state index contributed by atoms with van der Waals surface area (Å²) in [6.07, 6.45) is -0.0140. The zero-order valence-corrected chi connectivity index (χ0v) is 17.2. The molecule has 1 aromatic carbocycles. The number of rotatable bonds is 5. The van der Waals surface area contributed by atoms with Crippen molar-refractivity contribution in [3.63, 3.8) is 0 Å². The summed E-state index contributed by atoms with van der Waals surface area (Å²) in [5, 5.41) is 2.78. The van der Waals surface area contributed by atoms with Gasteiger partial charge in [-0.05, 0) is 45.0 Å². The first-order valence-corrected chi connectivity index (χ1v) is 9.48. The van der Waals surface area contributed by atoms with Gasteiger partial charge in [-0.2, -0.15) is 0 Å². The summed E-state index contributed by atoms with van der Waals surface area (Å²) in [7, 11) is 0. The summed E-state index contributed by atoms with van der Waals surface area (Å²) < 4.78 is 29.6. The van der Waals surface area contributed by atoms with E-state index in [9.17, 15) is 14.0 Å². The van der Waals surface area contributed by atoms with Crippen LogP contribution in [0.25, 0.3) is 11.0 Å². The van der Waals surface area contributed by atoms with Gasteiger partial charge in [-0.15, -0.1) is 0 Å². The van der Waals surface area contributed by atoms with Gasteiger partial charge in [0, 0.05) is 6.20 Å². The van der Waals surface area contributed by atoms with Gasteiger partial charge in [0.1, 0.15) is 11.5 Å². The van der Waals surface area contributed by atoms with Crippen LogP contribution in [0.2, 0.25) is 5.02 Å². The molecule has 2 amide bonds. The summed E-state index contributed by atoms with van der Waals surface area (Å²) in [6.45, 7) is 5.23. The van der Waals surface area contributed by atoms with Gasteiger partial charge >= 0.3 is 12.2 Å². The number of furan rings is 1. The molecule has 0 bridgehead atoms. The number of aryl methyl sites for hydroxylation is 1. The van der Waals surface area contributed by atoms with E-state index < -0.39 is 18.0 Å². The Hall–Kier alpha value is -3.33. The standard InChI is InChI=1S/C20H19ClFN3O5/c1-4-28-19(26)24-18-16(13-8-9-23-11(3)17(13)30-18)25(20(27)29-5-2)12-6-7-15(22)14(21)10-12/h6-10H,4-5H2,1-3H3,(H,24,26). The lowest BCUT2D eigenvalue weighted by atomic mass is 10.2. The van der Waals surface area contributed by atoms with Crippen molar-refractivity contribution in [3.8, 4) is 0 Å². The highest BCUT2D eigenvalue weighted by Gasteiger charge is 2.30. The lowest BCUT2D eigenvalue weighted by molar-refractivity contribution is 0.162. The Kier molecular flexibility index (Phi) is 6.41. The molecule has 0 fully saturated rings. The van der Waals surface area contributed by atoms with Crippen molar-refractivity contribution >= 4 is 52.0 Å². The highest BCUT2D eigenvalue weighted by atomic mass is 35.5. The van der Waals surface area contributed by atoms with E-state index in [1.165, 1.54) is 18.3 Å². The zero-order chi connectivity index (χ0) is 21.8. The van der Waals surface area contributed by atoms with Crippen LogP contribution in [0.3, 0.4) is 0 Å². The third kappa shape index (κ3) is 4.16. The number of nitrogens with one attached hydrogen (secondary N) is 1. The Morgan fingerprint density at radius 2 is 1.97 bits per heavy atom. The normalized spacial score (nSPS) is 10.7. The molecular weight excluding hydrogens is 417 g/mol. The first-order chi connectivity index (χ1) is 14.4. The molecule has 2 aromatic heterocycles. The Balaban J connectivity index is 2.26. The summed E-state index contributed by atoms with van der Waals surface area (Å²) in [5.74, 6) is -0.709. The number of hydrogen-bond acceptors (Lipinski definition) is 6. The van der Waals surface area contributed by atoms with E-state index in [0.29, 0.717) is 16.7 Å². The Morgan fingerprint density at radius 1 is 1.23 bits per heavy atom. The first kappa shape index (κ1) is 21.4. The molecule has 0 atom stereocenters. The number of halogens is 2. The Morgan fingerprint density at radius 3 is 2.63 bits per heavy atom. The van der Waals surface area contributed by atoms with Crippen molar-refractivity contribution in [2.75, 3.05) is 23.4 Å². The largest absolute Gasteiger partial charge is 0.450 e. The topological polar surface area (TPSA) is 93.9 Å². The molecule has 8 nitrogen and oxygen atoms in total. The molecule has 1 N–H and O–H groups in total. The Labute approximate surface area is 176 Å². The molecule has 10 heteroatoms. The molecule has 30 heavy (non-hydrogen) atoms. The third-order valence-electron chi connectivity index (χ3n) is 4.08. The van der Waals surface area contributed by atoms with Crippen molar-refractivity contribution in [3.05, 3.63) is 47.0 Å². The average Bonchev–Trinajstić information content (AvgIpc) is 3.04. The van der Waals surface area contributed by atoms with Crippen molar-refractivity contribution in [1.29, 1.82) is 0 Å². The smallest absolute Gasteiger partial charge is 0.419 e. The number of aromatic nitrogens is 1. The molecule has 3 aromatic rings. The van der Waals surface area contributed by atoms with E-state index in [0.717, 1.165) is 11.0 Å². The minimum atomic E-state index is -0.774. The molecular formula is C20H19ClFN3O5. The van der Waals surface area contributed by atoms with Crippen molar-refractivity contribution < 1.29 is 27.9 Å². The summed E-state index contributed by atoms with van der Waals surface area (Å²) in [4.78, 5) is 30.3. The molecule has 158 valence electrons. The summed E-state index contributed by atoms with van der Waals surface area (Å²) >= 11 is 5.93. The minimum absolute atomic E-state index is 0.0620. The number of fused-ring (bicyclic) bond motifs is 1. The minimum Gasteiger partial charge on any atom is -0.450 e. The number of anilines is 3. The monoisotopic (exact) mass is 435 g/mol. The van der Waals surface area contributed by atoms with E-state index in [1.54, 1.807) is 26.8 Å². The SMILES string of the molecule is CCOC(=O)Nc1oc2c(C)nccc2c1N(C(=O)OCC)c1ccc(F)c(Cl)c1. The van der Waals surface area contributed by atoms with Crippen LogP contribution in [0.1, 0.15) is 19.5 Å². The van der Waals surface area contributed by atoms with Crippen LogP contribution in [-0.4, -0.2) is 30.4 Å². The van der Waals surface area contributed by atoms with Gasteiger partial charge in [-0.1, -0.05) is 11.6 Å². The second-order valence-corrected chi connectivity index (χ2v) is 6.44. The fraction of sp³-hybridized carbons (Fsp3) is 0.250. The van der Waals surface area contributed by atoms with Gasteiger partial charge in [0.2, 0.25) is 5.88 Å². The van der Waals surface area contributed by atoms with E-state index in [1.807, 2.05) is 0 Å². The second-order valence-electron chi connectivity index (χ2n) is 6.03. The van der Waals surface area contributed by atoms with Gasteiger partial charge in [-0.3, -0.25) is 10.3 Å². The fourth-order valence-corrected chi connectivity index (χ4v) is 3.02. The van der Waals surface area contributed by atoms with E-state index >= 15 is 0 Å². The van der Waals surface area contributed by atoms with Gasteiger partial charge < -0.3 is 13.9 Å². The number of amides is 2. The maximum Gasteiger partial charge on any atom is 0.419 e. The molecule has 0 radical (unpaired) electrons. The van der Waals surface area contributed by atoms with Crippen LogP contribution >= 0.6 is 11.6 Å². The van der Waals surface area contributed by atoms with Crippen LogP contribution in [0.4, 0.5) is 31.2 Å². The van der Waals surface area contributed by atoms with E-state index in [-0.39, 0.29) is 35.5 Å².